The first-order valence-electron chi connectivity index (χ1n) is 5.74. The summed E-state index contributed by atoms with van der Waals surface area (Å²) >= 11 is 0. The van der Waals surface area contributed by atoms with Crippen molar-refractivity contribution in [2.75, 3.05) is 0 Å². The number of phenols is 1. The molecule has 0 spiro atoms. The molecule has 0 bridgehead atoms. The summed E-state index contributed by atoms with van der Waals surface area (Å²) in [5, 5.41) is 19.6. The van der Waals surface area contributed by atoms with Crippen LogP contribution in [0.5, 0.6) is 5.75 Å². The maximum absolute atomic E-state index is 9.97. The van der Waals surface area contributed by atoms with E-state index in [9.17, 15) is 10.2 Å². The van der Waals surface area contributed by atoms with E-state index < -0.39 is 6.10 Å². The van der Waals surface area contributed by atoms with Gasteiger partial charge in [-0.1, -0.05) is 12.1 Å². The number of aryl methyl sites for hydroxylation is 2. The highest BCUT2D eigenvalue weighted by Gasteiger charge is 2.34. The zero-order valence-corrected chi connectivity index (χ0v) is 9.77. The van der Waals surface area contributed by atoms with Crippen molar-refractivity contribution in [1.29, 1.82) is 0 Å². The third kappa shape index (κ3) is 2.06. The van der Waals surface area contributed by atoms with Crippen LogP contribution in [0.25, 0.3) is 0 Å². The summed E-state index contributed by atoms with van der Waals surface area (Å²) in [6, 6.07) is 3.38. The summed E-state index contributed by atoms with van der Waals surface area (Å²) in [5.41, 5.74) is 8.57. The fourth-order valence-corrected chi connectivity index (χ4v) is 2.11. The second-order valence-electron chi connectivity index (χ2n) is 4.86. The number of benzene rings is 1. The number of phenolic OH excluding ortho intramolecular Hbond substituents is 1. The van der Waals surface area contributed by atoms with Crippen LogP contribution in [0.2, 0.25) is 0 Å². The number of hydrogen-bond donors (Lipinski definition) is 3. The molecule has 0 saturated heterocycles. The average Bonchev–Trinajstić information content (AvgIpc) is 3.06. The largest absolute Gasteiger partial charge is 0.507 e. The zero-order valence-electron chi connectivity index (χ0n) is 9.77. The number of aromatic hydroxyl groups is 1. The molecule has 0 aliphatic heterocycles. The van der Waals surface area contributed by atoms with Gasteiger partial charge in [-0.2, -0.15) is 0 Å². The Kier molecular flexibility index (Phi) is 2.91. The molecular formula is C13H19NO2. The van der Waals surface area contributed by atoms with E-state index in [0.717, 1.165) is 29.5 Å². The first kappa shape index (κ1) is 11.4. The van der Waals surface area contributed by atoms with Gasteiger partial charge in [0.1, 0.15) is 5.75 Å². The van der Waals surface area contributed by atoms with Gasteiger partial charge in [0.2, 0.25) is 0 Å². The Hall–Kier alpha value is -1.06. The van der Waals surface area contributed by atoms with Gasteiger partial charge in [-0.15, -0.1) is 0 Å². The normalized spacial score (nSPS) is 19.5. The molecule has 0 radical (unpaired) electrons. The number of aliphatic hydroxyl groups is 1. The van der Waals surface area contributed by atoms with Crippen molar-refractivity contribution in [2.24, 2.45) is 11.7 Å². The molecule has 1 saturated carbocycles. The van der Waals surface area contributed by atoms with Gasteiger partial charge < -0.3 is 15.9 Å². The minimum absolute atomic E-state index is 0.317. The Balaban J connectivity index is 2.25. The maximum atomic E-state index is 9.97. The van der Waals surface area contributed by atoms with E-state index in [1.54, 1.807) is 0 Å². The van der Waals surface area contributed by atoms with Crippen LogP contribution in [0.15, 0.2) is 12.1 Å². The highest BCUT2D eigenvalue weighted by molar-refractivity contribution is 5.43. The Morgan fingerprint density at radius 1 is 1.25 bits per heavy atom. The van der Waals surface area contributed by atoms with Crippen molar-refractivity contribution >= 4 is 0 Å². The minimum atomic E-state index is -0.455. The second-order valence-corrected chi connectivity index (χ2v) is 4.86. The third-order valence-corrected chi connectivity index (χ3v) is 3.37. The van der Waals surface area contributed by atoms with Gasteiger partial charge in [-0.3, -0.25) is 0 Å². The topological polar surface area (TPSA) is 66.5 Å². The molecule has 88 valence electrons. The van der Waals surface area contributed by atoms with Crippen LogP contribution in [0.3, 0.4) is 0 Å². The van der Waals surface area contributed by atoms with Gasteiger partial charge in [0.05, 0.1) is 12.1 Å². The summed E-state index contributed by atoms with van der Waals surface area (Å²) < 4.78 is 0. The van der Waals surface area contributed by atoms with E-state index in [1.807, 2.05) is 26.0 Å². The summed E-state index contributed by atoms with van der Waals surface area (Å²) in [4.78, 5) is 0. The minimum Gasteiger partial charge on any atom is -0.507 e. The lowest BCUT2D eigenvalue weighted by Gasteiger charge is -2.20. The number of nitrogens with two attached hydrogens (primary N) is 1. The van der Waals surface area contributed by atoms with E-state index in [0.29, 0.717) is 11.7 Å². The molecule has 2 rings (SSSR count). The van der Waals surface area contributed by atoms with Crippen molar-refractivity contribution in [3.05, 3.63) is 28.8 Å². The van der Waals surface area contributed by atoms with Crippen molar-refractivity contribution < 1.29 is 10.2 Å². The molecule has 0 aromatic heterocycles. The second kappa shape index (κ2) is 4.07. The van der Waals surface area contributed by atoms with Gasteiger partial charge in [0.25, 0.3) is 0 Å². The van der Waals surface area contributed by atoms with Crippen molar-refractivity contribution in [2.45, 2.75) is 38.8 Å². The van der Waals surface area contributed by atoms with Gasteiger partial charge in [-0.25, -0.2) is 0 Å². The Labute approximate surface area is 95.9 Å². The van der Waals surface area contributed by atoms with Gasteiger partial charge in [0.15, 0.2) is 0 Å². The first-order chi connectivity index (χ1) is 7.50. The molecule has 1 fully saturated rings. The summed E-state index contributed by atoms with van der Waals surface area (Å²) in [5.74, 6) is 0.682. The lowest BCUT2D eigenvalue weighted by molar-refractivity contribution is 0.122. The molecule has 1 aromatic rings. The van der Waals surface area contributed by atoms with Gasteiger partial charge in [-0.05, 0) is 49.3 Å². The molecule has 3 nitrogen and oxygen atoms in total. The summed E-state index contributed by atoms with van der Waals surface area (Å²) in [6.45, 7) is 3.70. The standard InChI is InChI=1S/C13H19NO2/c1-7-5-10(6-8(2)12(7)15)11(14)13(16)9-3-4-9/h5-6,9,11,13,15-16H,3-4,14H2,1-2H3/t11-,13+/m0/s1. The highest BCUT2D eigenvalue weighted by atomic mass is 16.3. The average molecular weight is 221 g/mol. The van der Waals surface area contributed by atoms with E-state index in [1.165, 1.54) is 0 Å². The van der Waals surface area contributed by atoms with Crippen LogP contribution in [-0.2, 0) is 0 Å². The third-order valence-electron chi connectivity index (χ3n) is 3.37. The van der Waals surface area contributed by atoms with Crippen molar-refractivity contribution in [3.63, 3.8) is 0 Å². The van der Waals surface area contributed by atoms with Crippen molar-refractivity contribution in [3.8, 4) is 5.75 Å². The number of aliphatic hydroxyl groups excluding tert-OH is 1. The predicted molar refractivity (Wildman–Crippen MR) is 63.2 cm³/mol. The van der Waals surface area contributed by atoms with Crippen LogP contribution >= 0.6 is 0 Å². The molecular weight excluding hydrogens is 202 g/mol. The van der Waals surface area contributed by atoms with Crippen LogP contribution < -0.4 is 5.73 Å². The lowest BCUT2D eigenvalue weighted by atomic mass is 9.95. The van der Waals surface area contributed by atoms with Crippen LogP contribution in [-0.4, -0.2) is 16.3 Å². The van der Waals surface area contributed by atoms with E-state index in [4.69, 9.17) is 5.73 Å². The molecule has 0 amide bonds. The van der Waals surface area contributed by atoms with E-state index in [2.05, 4.69) is 0 Å². The smallest absolute Gasteiger partial charge is 0.121 e. The van der Waals surface area contributed by atoms with Gasteiger partial charge >= 0.3 is 0 Å². The summed E-state index contributed by atoms with van der Waals surface area (Å²) in [7, 11) is 0. The Bertz CT molecular complexity index is 376. The predicted octanol–water partition coefficient (Wildman–Crippen LogP) is 1.78. The SMILES string of the molecule is Cc1cc([C@H](N)[C@H](O)C2CC2)cc(C)c1O. The molecule has 1 aliphatic rings. The molecule has 4 N–H and O–H groups in total. The maximum Gasteiger partial charge on any atom is 0.121 e. The highest BCUT2D eigenvalue weighted by Crippen LogP contribution is 2.38. The molecule has 16 heavy (non-hydrogen) atoms. The van der Waals surface area contributed by atoms with Crippen LogP contribution in [0.4, 0.5) is 0 Å². The molecule has 3 heteroatoms. The number of rotatable bonds is 3. The lowest BCUT2D eigenvalue weighted by Crippen LogP contribution is -2.28. The zero-order chi connectivity index (χ0) is 11.9. The van der Waals surface area contributed by atoms with Gasteiger partial charge in [0, 0.05) is 0 Å². The van der Waals surface area contributed by atoms with Crippen LogP contribution in [0.1, 0.15) is 35.6 Å². The van der Waals surface area contributed by atoms with Crippen molar-refractivity contribution in [1.82, 2.24) is 0 Å². The molecule has 0 unspecified atom stereocenters. The quantitative estimate of drug-likeness (QED) is 0.729. The Morgan fingerprint density at radius 2 is 1.75 bits per heavy atom. The molecule has 0 heterocycles. The first-order valence-corrected chi connectivity index (χ1v) is 5.74. The summed E-state index contributed by atoms with van der Waals surface area (Å²) in [6.07, 6.45) is 1.69. The molecule has 2 atom stereocenters. The van der Waals surface area contributed by atoms with E-state index in [-0.39, 0.29) is 6.04 Å². The van der Waals surface area contributed by atoms with Crippen LogP contribution in [0, 0.1) is 19.8 Å². The molecule has 1 aromatic carbocycles. The molecule has 1 aliphatic carbocycles. The monoisotopic (exact) mass is 221 g/mol. The fraction of sp³-hybridized carbons (Fsp3) is 0.538. The number of hydrogen-bond acceptors (Lipinski definition) is 3. The van der Waals surface area contributed by atoms with E-state index >= 15 is 0 Å². The Morgan fingerprint density at radius 3 is 2.19 bits per heavy atom. The fourth-order valence-electron chi connectivity index (χ4n) is 2.11.